The van der Waals surface area contributed by atoms with E-state index in [1.807, 2.05) is 0 Å². The molecule has 1 heterocycles. The van der Waals surface area contributed by atoms with Gasteiger partial charge in [0.15, 0.2) is 18.3 Å². The molecule has 0 saturated carbocycles. The summed E-state index contributed by atoms with van der Waals surface area (Å²) in [6.07, 6.45) is 54.6. The standard InChI is InChI=1S/C66H124O9/c1-5-9-13-17-21-25-29-33-37-41-45-49-53-61(67)72-57-59-65(74-63(69)55-51-47-43-39-35-31-27-23-19-15-11-7-3)66(75-64(70)56-52-48-44-40-36-32-28-24-20-16-12-8-4)60(58-71-59)73-62(68)54-50-46-42-38-34-30-26-22-18-14-10-6-2/h59-60,65-66H,5-58H2,1-4H3/t59-,60-,65-,66-/m1/s1. The Hall–Kier alpha value is -2.16. The molecule has 1 aliphatic rings. The monoisotopic (exact) mass is 1060 g/mol. The molecule has 0 unspecified atom stereocenters. The van der Waals surface area contributed by atoms with Crippen molar-refractivity contribution in [3.8, 4) is 0 Å². The second-order valence-corrected chi connectivity index (χ2v) is 23.0. The first-order valence-corrected chi connectivity index (χ1v) is 33.2. The highest BCUT2D eigenvalue weighted by Gasteiger charge is 2.48. The lowest BCUT2D eigenvalue weighted by molar-refractivity contribution is -0.233. The Morgan fingerprint density at radius 3 is 0.800 bits per heavy atom. The highest BCUT2D eigenvalue weighted by atomic mass is 16.7. The van der Waals surface area contributed by atoms with E-state index in [1.165, 1.54) is 218 Å². The van der Waals surface area contributed by atoms with Crippen LogP contribution in [0, 0.1) is 0 Å². The smallest absolute Gasteiger partial charge is 0.306 e. The molecular weight excluding hydrogens is 937 g/mol. The van der Waals surface area contributed by atoms with Crippen molar-refractivity contribution in [1.82, 2.24) is 0 Å². The van der Waals surface area contributed by atoms with Gasteiger partial charge in [0.05, 0.1) is 6.61 Å². The van der Waals surface area contributed by atoms with Crippen molar-refractivity contribution in [2.24, 2.45) is 0 Å². The Kier molecular flexibility index (Phi) is 52.1. The first-order valence-electron chi connectivity index (χ1n) is 33.2. The number of unbranched alkanes of at least 4 members (excludes halogenated alkanes) is 44. The molecule has 4 atom stereocenters. The molecule has 1 saturated heterocycles. The molecule has 1 aliphatic heterocycles. The van der Waals surface area contributed by atoms with Gasteiger partial charge in [0, 0.05) is 25.7 Å². The van der Waals surface area contributed by atoms with Gasteiger partial charge in [-0.15, -0.1) is 0 Å². The summed E-state index contributed by atoms with van der Waals surface area (Å²) in [5.74, 6) is -1.50. The van der Waals surface area contributed by atoms with Gasteiger partial charge in [0.1, 0.15) is 12.7 Å². The molecule has 0 aromatic rings. The zero-order chi connectivity index (χ0) is 54.3. The van der Waals surface area contributed by atoms with Gasteiger partial charge in [-0.05, 0) is 25.7 Å². The Morgan fingerprint density at radius 1 is 0.293 bits per heavy atom. The molecule has 0 aromatic heterocycles. The topological polar surface area (TPSA) is 114 Å². The van der Waals surface area contributed by atoms with Crippen molar-refractivity contribution < 1.29 is 42.9 Å². The fourth-order valence-electron chi connectivity index (χ4n) is 10.7. The number of hydrogen-bond donors (Lipinski definition) is 0. The average molecular weight is 1060 g/mol. The molecule has 0 N–H and O–H groups in total. The fraction of sp³-hybridized carbons (Fsp3) is 0.939. The van der Waals surface area contributed by atoms with E-state index >= 15 is 0 Å². The van der Waals surface area contributed by atoms with Crippen LogP contribution in [0.15, 0.2) is 0 Å². The SMILES string of the molecule is CCCCCCCCCCCCCCC(=O)OC[C@H]1OC[C@@H](OC(=O)CCCCCCCCCCCCCC)[C@@H](OC(=O)CCCCCCCCCCCCCC)[C@@H]1OC(=O)CCCCCCCCCCCCCC. The van der Waals surface area contributed by atoms with Crippen LogP contribution in [-0.4, -0.2) is 61.5 Å². The van der Waals surface area contributed by atoms with Crippen LogP contribution in [0.4, 0.5) is 0 Å². The van der Waals surface area contributed by atoms with Crippen LogP contribution in [0.2, 0.25) is 0 Å². The van der Waals surface area contributed by atoms with E-state index < -0.39 is 36.4 Å². The van der Waals surface area contributed by atoms with E-state index in [-0.39, 0.29) is 44.4 Å². The molecule has 1 rings (SSSR count). The number of carbonyl (C=O) groups excluding carboxylic acids is 4. The minimum atomic E-state index is -1.08. The van der Waals surface area contributed by atoms with Gasteiger partial charge in [-0.2, -0.15) is 0 Å². The molecule has 0 spiro atoms. The van der Waals surface area contributed by atoms with Crippen LogP contribution in [0.3, 0.4) is 0 Å². The molecule has 0 bridgehead atoms. The molecule has 1 fully saturated rings. The van der Waals surface area contributed by atoms with Crippen molar-refractivity contribution in [1.29, 1.82) is 0 Å². The number of ether oxygens (including phenoxy) is 5. The normalized spacial score (nSPS) is 16.5. The molecule has 442 valence electrons. The van der Waals surface area contributed by atoms with Gasteiger partial charge in [-0.3, -0.25) is 19.2 Å². The predicted molar refractivity (Wildman–Crippen MR) is 313 cm³/mol. The Labute approximate surface area is 464 Å². The van der Waals surface area contributed by atoms with Gasteiger partial charge >= 0.3 is 23.9 Å². The second kappa shape index (κ2) is 55.2. The third kappa shape index (κ3) is 45.4. The third-order valence-corrected chi connectivity index (χ3v) is 15.7. The Balaban J connectivity index is 2.91. The lowest BCUT2D eigenvalue weighted by atomic mass is 9.99. The first kappa shape index (κ1) is 70.9. The van der Waals surface area contributed by atoms with Crippen LogP contribution in [-0.2, 0) is 42.9 Å². The van der Waals surface area contributed by atoms with Crippen LogP contribution in [0.5, 0.6) is 0 Å². The highest BCUT2D eigenvalue weighted by molar-refractivity contribution is 5.72. The Morgan fingerprint density at radius 2 is 0.520 bits per heavy atom. The van der Waals surface area contributed by atoms with E-state index in [4.69, 9.17) is 23.7 Å². The van der Waals surface area contributed by atoms with Gasteiger partial charge in [-0.1, -0.05) is 310 Å². The van der Waals surface area contributed by atoms with E-state index in [2.05, 4.69) is 27.7 Å². The molecule has 75 heavy (non-hydrogen) atoms. The summed E-state index contributed by atoms with van der Waals surface area (Å²) >= 11 is 0. The average Bonchev–Trinajstić information content (AvgIpc) is 3.40. The van der Waals surface area contributed by atoms with Crippen LogP contribution in [0.25, 0.3) is 0 Å². The maximum absolute atomic E-state index is 13.7. The first-order chi connectivity index (χ1) is 36.9. The summed E-state index contributed by atoms with van der Waals surface area (Å²) in [6.45, 7) is 8.84. The van der Waals surface area contributed by atoms with Gasteiger partial charge < -0.3 is 23.7 Å². The van der Waals surface area contributed by atoms with Crippen molar-refractivity contribution in [3.63, 3.8) is 0 Å². The Bertz CT molecular complexity index is 1270. The van der Waals surface area contributed by atoms with Gasteiger partial charge in [0.2, 0.25) is 0 Å². The minimum Gasteiger partial charge on any atom is -0.463 e. The molecule has 0 radical (unpaired) electrons. The molecule has 0 aromatic carbocycles. The second-order valence-electron chi connectivity index (χ2n) is 23.0. The maximum Gasteiger partial charge on any atom is 0.306 e. The summed E-state index contributed by atoms with van der Waals surface area (Å²) in [5, 5.41) is 0. The zero-order valence-corrected chi connectivity index (χ0v) is 50.2. The summed E-state index contributed by atoms with van der Waals surface area (Å²) in [7, 11) is 0. The highest BCUT2D eigenvalue weighted by Crippen LogP contribution is 2.28. The molecule has 0 aliphatic carbocycles. The fourth-order valence-corrected chi connectivity index (χ4v) is 10.7. The van der Waals surface area contributed by atoms with Crippen molar-refractivity contribution in [2.75, 3.05) is 13.2 Å². The predicted octanol–water partition coefficient (Wildman–Crippen LogP) is 20.0. The lowest BCUT2D eigenvalue weighted by Gasteiger charge is -2.40. The number of rotatable bonds is 57. The minimum absolute atomic E-state index is 0.0471. The van der Waals surface area contributed by atoms with Crippen LogP contribution in [0.1, 0.15) is 362 Å². The lowest BCUT2D eigenvalue weighted by Crippen LogP contribution is -2.59. The van der Waals surface area contributed by atoms with E-state index in [0.717, 1.165) is 77.0 Å². The van der Waals surface area contributed by atoms with E-state index in [0.29, 0.717) is 19.3 Å². The van der Waals surface area contributed by atoms with Gasteiger partial charge in [-0.25, -0.2) is 0 Å². The largest absolute Gasteiger partial charge is 0.463 e. The molecule has 0 amide bonds. The molecule has 9 heteroatoms. The third-order valence-electron chi connectivity index (χ3n) is 15.7. The van der Waals surface area contributed by atoms with Gasteiger partial charge in [0.25, 0.3) is 0 Å². The van der Waals surface area contributed by atoms with Crippen molar-refractivity contribution in [2.45, 2.75) is 386 Å². The quantitative estimate of drug-likeness (QED) is 0.0334. The van der Waals surface area contributed by atoms with E-state index in [1.54, 1.807) is 0 Å². The van der Waals surface area contributed by atoms with Crippen molar-refractivity contribution in [3.05, 3.63) is 0 Å². The summed E-state index contributed by atoms with van der Waals surface area (Å²) in [5.41, 5.74) is 0. The summed E-state index contributed by atoms with van der Waals surface area (Å²) < 4.78 is 30.6. The van der Waals surface area contributed by atoms with E-state index in [9.17, 15) is 19.2 Å². The summed E-state index contributed by atoms with van der Waals surface area (Å²) in [6, 6.07) is 0. The van der Waals surface area contributed by atoms with Crippen LogP contribution < -0.4 is 0 Å². The zero-order valence-electron chi connectivity index (χ0n) is 50.2. The maximum atomic E-state index is 13.7. The number of carbonyl (C=O) groups is 4. The summed E-state index contributed by atoms with van der Waals surface area (Å²) in [4.78, 5) is 53.9. The van der Waals surface area contributed by atoms with Crippen LogP contribution >= 0.6 is 0 Å². The molecule has 9 nitrogen and oxygen atoms in total. The number of hydrogen-bond acceptors (Lipinski definition) is 9. The number of esters is 4. The van der Waals surface area contributed by atoms with Crippen molar-refractivity contribution >= 4 is 23.9 Å². The molecular formula is C66H124O9.